The van der Waals surface area contributed by atoms with Gasteiger partial charge in [0, 0.05) is 0 Å². The van der Waals surface area contributed by atoms with Crippen molar-refractivity contribution in [3.05, 3.63) is 47.3 Å². The molecule has 1 aromatic heterocycles. The Labute approximate surface area is 141 Å². The van der Waals surface area contributed by atoms with Crippen molar-refractivity contribution in [1.82, 2.24) is 4.72 Å². The summed E-state index contributed by atoms with van der Waals surface area (Å²) in [4.78, 5) is 0. The highest BCUT2D eigenvalue weighted by Crippen LogP contribution is 2.41. The predicted octanol–water partition coefficient (Wildman–Crippen LogP) is 3.84. The van der Waals surface area contributed by atoms with Gasteiger partial charge in [-0.05, 0) is 29.1 Å². The van der Waals surface area contributed by atoms with Gasteiger partial charge in [-0.3, -0.25) is 0 Å². The molecule has 9 heteroatoms. The van der Waals surface area contributed by atoms with Crippen LogP contribution in [0.15, 0.2) is 46.0 Å². The van der Waals surface area contributed by atoms with Gasteiger partial charge in [0.25, 0.3) is 10.0 Å². The lowest BCUT2D eigenvalue weighted by atomic mass is 10.1. The standard InChI is InChI=1S/C12H10Cl3NO3S2/c13-12(14,15)11(8-3-5-9(17)6-4-8)16-21(18,19)10-2-1-7-20-10/h1-7,11,16-17H. The summed E-state index contributed by atoms with van der Waals surface area (Å²) in [5, 5.41) is 10.9. The summed E-state index contributed by atoms with van der Waals surface area (Å²) in [5.74, 6) is 0.0305. The first kappa shape index (κ1) is 16.9. The molecular weight excluding hydrogens is 377 g/mol. The van der Waals surface area contributed by atoms with Gasteiger partial charge in [-0.2, -0.15) is 4.72 Å². The molecule has 0 aliphatic heterocycles. The molecule has 2 rings (SSSR count). The maximum atomic E-state index is 12.3. The first-order valence-corrected chi connectivity index (χ1v) is 9.11. The molecule has 0 amide bonds. The van der Waals surface area contributed by atoms with Crippen LogP contribution in [0.4, 0.5) is 0 Å². The third-order valence-electron chi connectivity index (χ3n) is 2.59. The second-order valence-electron chi connectivity index (χ2n) is 4.12. The van der Waals surface area contributed by atoms with E-state index in [4.69, 9.17) is 34.8 Å². The van der Waals surface area contributed by atoms with Crippen molar-refractivity contribution < 1.29 is 13.5 Å². The van der Waals surface area contributed by atoms with E-state index in [9.17, 15) is 13.5 Å². The molecule has 0 bridgehead atoms. The van der Waals surface area contributed by atoms with E-state index in [1.165, 1.54) is 30.3 Å². The molecule has 4 nitrogen and oxygen atoms in total. The first-order chi connectivity index (χ1) is 9.70. The number of benzene rings is 1. The number of nitrogens with one attached hydrogen (secondary N) is 1. The van der Waals surface area contributed by atoms with Gasteiger partial charge in [-0.25, -0.2) is 8.42 Å². The summed E-state index contributed by atoms with van der Waals surface area (Å²) in [6.07, 6.45) is 0. The molecule has 0 fully saturated rings. The molecule has 1 atom stereocenters. The topological polar surface area (TPSA) is 66.4 Å². The zero-order valence-corrected chi connectivity index (χ0v) is 14.2. The van der Waals surface area contributed by atoms with Crippen molar-refractivity contribution in [3.8, 4) is 5.75 Å². The van der Waals surface area contributed by atoms with E-state index in [0.29, 0.717) is 5.56 Å². The van der Waals surface area contributed by atoms with Gasteiger partial charge >= 0.3 is 0 Å². The Bertz CT molecular complexity index is 694. The minimum Gasteiger partial charge on any atom is -0.508 e. The maximum Gasteiger partial charge on any atom is 0.250 e. The highest BCUT2D eigenvalue weighted by Gasteiger charge is 2.37. The summed E-state index contributed by atoms with van der Waals surface area (Å²) in [6.45, 7) is 0. The van der Waals surface area contributed by atoms with Crippen LogP contribution >= 0.6 is 46.1 Å². The van der Waals surface area contributed by atoms with Crippen LogP contribution in [-0.4, -0.2) is 17.3 Å². The molecule has 0 aliphatic carbocycles. The Hall–Kier alpha value is -0.500. The van der Waals surface area contributed by atoms with Crippen molar-refractivity contribution in [1.29, 1.82) is 0 Å². The van der Waals surface area contributed by atoms with Gasteiger partial charge < -0.3 is 5.11 Å². The van der Waals surface area contributed by atoms with E-state index >= 15 is 0 Å². The fraction of sp³-hybridized carbons (Fsp3) is 0.167. The summed E-state index contributed by atoms with van der Waals surface area (Å²) < 4.78 is 25.1. The second kappa shape index (κ2) is 6.32. The minimum absolute atomic E-state index is 0.0305. The van der Waals surface area contributed by atoms with Crippen molar-refractivity contribution in [2.24, 2.45) is 0 Å². The highest BCUT2D eigenvalue weighted by atomic mass is 35.6. The van der Waals surface area contributed by atoms with Gasteiger partial charge in [-0.15, -0.1) is 11.3 Å². The lowest BCUT2D eigenvalue weighted by Gasteiger charge is -2.25. The van der Waals surface area contributed by atoms with E-state index in [1.807, 2.05) is 0 Å². The van der Waals surface area contributed by atoms with Crippen molar-refractivity contribution in [2.45, 2.75) is 14.0 Å². The number of sulfonamides is 1. The average molecular weight is 387 g/mol. The van der Waals surface area contributed by atoms with Gasteiger partial charge in [0.1, 0.15) is 9.96 Å². The van der Waals surface area contributed by atoms with E-state index in [1.54, 1.807) is 11.4 Å². The summed E-state index contributed by atoms with van der Waals surface area (Å²) in [6, 6.07) is 7.73. The van der Waals surface area contributed by atoms with Gasteiger partial charge in [-0.1, -0.05) is 53.0 Å². The number of hydrogen-bond acceptors (Lipinski definition) is 4. The lowest BCUT2D eigenvalue weighted by molar-refractivity contribution is 0.474. The molecule has 1 unspecified atom stereocenters. The zero-order valence-electron chi connectivity index (χ0n) is 10.3. The van der Waals surface area contributed by atoms with E-state index < -0.39 is 19.9 Å². The Kier molecular flexibility index (Phi) is 5.07. The van der Waals surface area contributed by atoms with Crippen LogP contribution in [0.1, 0.15) is 11.6 Å². The Morgan fingerprint density at radius 1 is 1.14 bits per heavy atom. The number of phenols is 1. The molecule has 0 radical (unpaired) electrons. The fourth-order valence-corrected chi connectivity index (χ4v) is 4.62. The molecule has 0 spiro atoms. The molecule has 1 aromatic carbocycles. The van der Waals surface area contributed by atoms with Crippen LogP contribution in [0.25, 0.3) is 0 Å². The molecular formula is C12H10Cl3NO3S2. The smallest absolute Gasteiger partial charge is 0.250 e. The molecule has 21 heavy (non-hydrogen) atoms. The third kappa shape index (κ3) is 4.25. The maximum absolute atomic E-state index is 12.3. The zero-order chi connectivity index (χ0) is 15.7. The van der Waals surface area contributed by atoms with E-state index in [2.05, 4.69) is 4.72 Å². The predicted molar refractivity (Wildman–Crippen MR) is 85.8 cm³/mol. The number of thiophene rings is 1. The molecule has 0 saturated carbocycles. The average Bonchev–Trinajstić information content (AvgIpc) is 2.90. The van der Waals surface area contributed by atoms with Crippen LogP contribution in [0.3, 0.4) is 0 Å². The van der Waals surface area contributed by atoms with Gasteiger partial charge in [0.15, 0.2) is 0 Å². The second-order valence-corrected chi connectivity index (χ2v) is 9.38. The number of hydrogen-bond donors (Lipinski definition) is 2. The number of rotatable bonds is 4. The molecule has 1 heterocycles. The first-order valence-electron chi connectivity index (χ1n) is 5.61. The van der Waals surface area contributed by atoms with Crippen LogP contribution in [-0.2, 0) is 10.0 Å². The normalized spacial score (nSPS) is 14.0. The molecule has 114 valence electrons. The summed E-state index contributed by atoms with van der Waals surface area (Å²) in [5.41, 5.74) is 0.424. The van der Waals surface area contributed by atoms with Crippen molar-refractivity contribution in [3.63, 3.8) is 0 Å². The quantitative estimate of drug-likeness (QED) is 0.785. The summed E-state index contributed by atoms with van der Waals surface area (Å²) >= 11 is 18.7. The molecule has 0 aliphatic rings. The van der Waals surface area contributed by atoms with Crippen LogP contribution in [0, 0.1) is 0 Å². The van der Waals surface area contributed by atoms with Gasteiger partial charge in [0.05, 0.1) is 6.04 Å². The van der Waals surface area contributed by atoms with E-state index in [-0.39, 0.29) is 9.96 Å². The third-order valence-corrected chi connectivity index (χ3v) is 6.06. The fourth-order valence-electron chi connectivity index (χ4n) is 1.62. The number of aromatic hydroxyl groups is 1. The number of halogens is 3. The van der Waals surface area contributed by atoms with Crippen LogP contribution < -0.4 is 4.72 Å². The van der Waals surface area contributed by atoms with Crippen molar-refractivity contribution >= 4 is 56.2 Å². The van der Waals surface area contributed by atoms with Gasteiger partial charge in [0.2, 0.25) is 3.79 Å². The van der Waals surface area contributed by atoms with Crippen molar-refractivity contribution in [2.75, 3.05) is 0 Å². The summed E-state index contributed by atoms with van der Waals surface area (Å²) in [7, 11) is -3.80. The molecule has 2 aromatic rings. The largest absolute Gasteiger partial charge is 0.508 e. The Morgan fingerprint density at radius 3 is 2.24 bits per heavy atom. The number of phenolic OH excluding ortho intramolecular Hbond substituents is 1. The monoisotopic (exact) mass is 385 g/mol. The van der Waals surface area contributed by atoms with Crippen LogP contribution in [0.2, 0.25) is 0 Å². The molecule has 0 saturated heterocycles. The highest BCUT2D eigenvalue weighted by molar-refractivity contribution is 7.91. The van der Waals surface area contributed by atoms with E-state index in [0.717, 1.165) is 11.3 Å². The van der Waals surface area contributed by atoms with Crippen LogP contribution in [0.5, 0.6) is 5.75 Å². The SMILES string of the molecule is O=S(=O)(NC(c1ccc(O)cc1)C(Cl)(Cl)Cl)c1cccs1. The lowest BCUT2D eigenvalue weighted by Crippen LogP contribution is -2.36. The Balaban J connectivity index is 2.37. The number of alkyl halides is 3. The Morgan fingerprint density at radius 2 is 1.76 bits per heavy atom. The minimum atomic E-state index is -3.80. The molecule has 2 N–H and O–H groups in total.